The molecule has 1 amide bonds. The number of carbonyl (C=O) groups is 1. The van der Waals surface area contributed by atoms with E-state index in [0.717, 1.165) is 38.5 Å². The van der Waals surface area contributed by atoms with E-state index < -0.39 is 6.10 Å². The summed E-state index contributed by atoms with van der Waals surface area (Å²) in [5.74, 6) is 0.457. The predicted molar refractivity (Wildman–Crippen MR) is 137 cm³/mol. The van der Waals surface area contributed by atoms with Crippen molar-refractivity contribution in [1.29, 1.82) is 0 Å². The molecule has 6 heteroatoms. The highest BCUT2D eigenvalue weighted by Crippen LogP contribution is 2.33. The highest BCUT2D eigenvalue weighted by molar-refractivity contribution is 5.87. The van der Waals surface area contributed by atoms with Gasteiger partial charge in [0.2, 0.25) is 5.91 Å². The van der Waals surface area contributed by atoms with E-state index in [-0.39, 0.29) is 42.5 Å². The van der Waals surface area contributed by atoms with Crippen LogP contribution >= 0.6 is 0 Å². The van der Waals surface area contributed by atoms with Crippen molar-refractivity contribution in [1.82, 2.24) is 5.32 Å². The molecule has 4 aliphatic rings. The molecule has 1 saturated heterocycles. The van der Waals surface area contributed by atoms with Crippen LogP contribution in [0.25, 0.3) is 0 Å². The van der Waals surface area contributed by atoms with Crippen molar-refractivity contribution in [3.8, 4) is 0 Å². The van der Waals surface area contributed by atoms with Crippen LogP contribution in [0.4, 0.5) is 0 Å². The maximum Gasteiger partial charge on any atom is 0.243 e. The third-order valence-electron chi connectivity index (χ3n) is 7.52. The number of hydrogen-bond acceptors (Lipinski definition) is 5. The van der Waals surface area contributed by atoms with Crippen molar-refractivity contribution in [3.63, 3.8) is 0 Å². The molecule has 4 heterocycles. The Morgan fingerprint density at radius 3 is 2.91 bits per heavy atom. The molecule has 2 N–H and O–H groups in total. The number of hydrogen-bond donors (Lipinski definition) is 2. The van der Waals surface area contributed by atoms with Gasteiger partial charge in [-0.2, -0.15) is 0 Å². The molecule has 2 bridgehead atoms. The van der Waals surface area contributed by atoms with Gasteiger partial charge in [-0.15, -0.1) is 0 Å². The summed E-state index contributed by atoms with van der Waals surface area (Å²) in [4.78, 5) is 12.7. The van der Waals surface area contributed by atoms with E-state index in [4.69, 9.17) is 14.2 Å². The summed E-state index contributed by atoms with van der Waals surface area (Å²) in [5.41, 5.74) is 1.35. The summed E-state index contributed by atoms with van der Waals surface area (Å²) in [6.07, 6.45) is 21.8. The Bertz CT molecular complexity index is 818. The summed E-state index contributed by atoms with van der Waals surface area (Å²) in [5, 5.41) is 13.8. The van der Waals surface area contributed by atoms with Crippen LogP contribution in [0.2, 0.25) is 0 Å². The Labute approximate surface area is 210 Å². The minimum absolute atomic E-state index is 0.00186. The van der Waals surface area contributed by atoms with E-state index >= 15 is 0 Å². The monoisotopic (exact) mass is 485 g/mol. The highest BCUT2D eigenvalue weighted by atomic mass is 16.6. The van der Waals surface area contributed by atoms with Crippen molar-refractivity contribution < 1.29 is 24.1 Å². The zero-order valence-electron chi connectivity index (χ0n) is 21.3. The van der Waals surface area contributed by atoms with Gasteiger partial charge in [0.15, 0.2) is 0 Å². The second-order valence-corrected chi connectivity index (χ2v) is 10.8. The summed E-state index contributed by atoms with van der Waals surface area (Å²) >= 11 is 0. The number of aliphatic hydroxyl groups excluding tert-OH is 1. The van der Waals surface area contributed by atoms with E-state index in [0.29, 0.717) is 31.8 Å². The van der Waals surface area contributed by atoms with Gasteiger partial charge in [-0.25, -0.2) is 0 Å². The van der Waals surface area contributed by atoms with Crippen molar-refractivity contribution in [2.45, 2.75) is 114 Å². The molecule has 0 aromatic heterocycles. The Hall–Kier alpha value is -1.73. The van der Waals surface area contributed by atoms with Gasteiger partial charge in [-0.05, 0) is 63.9 Å². The van der Waals surface area contributed by atoms with Crippen molar-refractivity contribution in [2.24, 2.45) is 5.92 Å². The van der Waals surface area contributed by atoms with Gasteiger partial charge < -0.3 is 24.6 Å². The van der Waals surface area contributed by atoms with Crippen molar-refractivity contribution >= 4 is 5.91 Å². The number of aliphatic hydroxyl groups is 1. The topological polar surface area (TPSA) is 80.3 Å². The molecule has 0 unspecified atom stereocenters. The smallest absolute Gasteiger partial charge is 0.243 e. The molecule has 0 radical (unpaired) electrons. The first-order valence-electron chi connectivity index (χ1n) is 13.5. The van der Waals surface area contributed by atoms with Crippen LogP contribution in [-0.4, -0.2) is 60.3 Å². The summed E-state index contributed by atoms with van der Waals surface area (Å²) in [6, 6.07) is -0.0556. The lowest BCUT2D eigenvalue weighted by atomic mass is 9.93. The molecule has 194 valence electrons. The molecule has 4 rings (SSSR count). The molecule has 4 aliphatic heterocycles. The predicted octanol–water partition coefficient (Wildman–Crippen LogP) is 4.54. The Kier molecular flexibility index (Phi) is 9.78. The fraction of sp³-hybridized carbons (Fsp3) is 0.690. The minimum atomic E-state index is -0.443. The second kappa shape index (κ2) is 13.0. The maximum absolute atomic E-state index is 12.7. The first-order valence-corrected chi connectivity index (χ1v) is 13.5. The number of epoxide rings is 1. The van der Waals surface area contributed by atoms with E-state index in [2.05, 4.69) is 49.5 Å². The van der Waals surface area contributed by atoms with E-state index in [9.17, 15) is 9.90 Å². The molecule has 8 atom stereocenters. The summed E-state index contributed by atoms with van der Waals surface area (Å²) < 4.78 is 17.9. The normalized spacial score (nSPS) is 40.2. The quantitative estimate of drug-likeness (QED) is 0.453. The zero-order valence-corrected chi connectivity index (χ0v) is 21.3. The third-order valence-corrected chi connectivity index (χ3v) is 7.52. The first kappa shape index (κ1) is 26.3. The standard InChI is InChI=1S/C29H43NO5/c1-20-7-3-13-26(31)29-27(35-29)19-22(8-4-11-24-17-21(2)15-16-33-24)30-28(32)14-6-10-23-9-5-12-25(18-20)34-23/h4-6,9,11,14-15,20,22-27,29,31H,3,7-8,10,12-13,16-19H2,1-2H3,(H,30,32)/b11-4+,14-6+/t20-,22+,23-,24+,25-,26-,27-,29-/m0/s1. The third kappa shape index (κ3) is 8.71. The fourth-order valence-corrected chi connectivity index (χ4v) is 5.45. The van der Waals surface area contributed by atoms with Crippen molar-refractivity contribution in [2.75, 3.05) is 6.61 Å². The van der Waals surface area contributed by atoms with E-state index in [1.165, 1.54) is 5.57 Å². The van der Waals surface area contributed by atoms with Crippen LogP contribution in [0.1, 0.15) is 71.6 Å². The minimum Gasteiger partial charge on any atom is -0.390 e. The number of nitrogens with one attached hydrogen (secondary N) is 1. The van der Waals surface area contributed by atoms with Gasteiger partial charge in [-0.1, -0.05) is 61.8 Å². The molecule has 1 fully saturated rings. The molecular formula is C29H43NO5. The van der Waals surface area contributed by atoms with Crippen LogP contribution in [-0.2, 0) is 19.0 Å². The molecule has 0 spiro atoms. The molecule has 0 aliphatic carbocycles. The van der Waals surface area contributed by atoms with Crippen LogP contribution in [0.3, 0.4) is 0 Å². The van der Waals surface area contributed by atoms with Gasteiger partial charge in [-0.3, -0.25) is 4.79 Å². The van der Waals surface area contributed by atoms with Gasteiger partial charge in [0.25, 0.3) is 0 Å². The fourth-order valence-electron chi connectivity index (χ4n) is 5.45. The van der Waals surface area contributed by atoms with Gasteiger partial charge in [0.1, 0.15) is 6.10 Å². The molecule has 0 saturated carbocycles. The maximum atomic E-state index is 12.7. The Balaban J connectivity index is 1.37. The Morgan fingerprint density at radius 1 is 1.17 bits per heavy atom. The lowest BCUT2D eigenvalue weighted by molar-refractivity contribution is -0.117. The van der Waals surface area contributed by atoms with Crippen LogP contribution in [0.15, 0.2) is 48.1 Å². The zero-order chi connectivity index (χ0) is 24.6. The average molecular weight is 486 g/mol. The molecule has 0 aromatic rings. The van der Waals surface area contributed by atoms with Crippen LogP contribution in [0.5, 0.6) is 0 Å². The van der Waals surface area contributed by atoms with Crippen LogP contribution < -0.4 is 5.32 Å². The molecule has 0 aromatic carbocycles. The lowest BCUT2D eigenvalue weighted by Crippen LogP contribution is -2.35. The van der Waals surface area contributed by atoms with Crippen molar-refractivity contribution in [3.05, 3.63) is 48.1 Å². The number of rotatable bonds is 3. The lowest BCUT2D eigenvalue weighted by Gasteiger charge is -2.27. The molecule has 6 nitrogen and oxygen atoms in total. The second-order valence-electron chi connectivity index (χ2n) is 10.8. The first-order chi connectivity index (χ1) is 17.0. The van der Waals surface area contributed by atoms with Gasteiger partial charge in [0, 0.05) is 6.04 Å². The largest absolute Gasteiger partial charge is 0.390 e. The van der Waals surface area contributed by atoms with Crippen LogP contribution in [0, 0.1) is 5.92 Å². The summed E-state index contributed by atoms with van der Waals surface area (Å²) in [7, 11) is 0. The summed E-state index contributed by atoms with van der Waals surface area (Å²) in [6.45, 7) is 5.06. The SMILES string of the molecule is CC1=CCO[C@H](/C=C/C[C@@H]2C[C@@H]3O[C@H]3[C@@H](O)CCC[C@H](C)C[C@@H]3CC=C[C@@H](C/C=C/C(=O)N2)O3)C1. The molecular weight excluding hydrogens is 442 g/mol. The molecule has 35 heavy (non-hydrogen) atoms. The van der Waals surface area contributed by atoms with E-state index in [1.54, 1.807) is 6.08 Å². The average Bonchev–Trinajstić information content (AvgIpc) is 3.58. The number of ether oxygens (including phenoxy) is 3. The highest BCUT2D eigenvalue weighted by Gasteiger charge is 2.44. The number of carbonyl (C=O) groups excluding carboxylic acids is 1. The van der Waals surface area contributed by atoms with Gasteiger partial charge >= 0.3 is 0 Å². The number of amides is 1. The van der Waals surface area contributed by atoms with E-state index in [1.807, 2.05) is 6.08 Å². The number of fused-ring (bicyclic) bond motifs is 3. The van der Waals surface area contributed by atoms with Gasteiger partial charge in [0.05, 0.1) is 37.1 Å². The Morgan fingerprint density at radius 2 is 2.06 bits per heavy atom.